The minimum absolute atomic E-state index is 0.0383. The third-order valence-electron chi connectivity index (χ3n) is 9.04. The molecule has 0 unspecified atom stereocenters. The van der Waals surface area contributed by atoms with Gasteiger partial charge in [-0.3, -0.25) is 15.0 Å². The maximum atomic E-state index is 13.5. The van der Waals surface area contributed by atoms with Crippen LogP contribution >= 0.6 is 0 Å². The third kappa shape index (κ3) is 7.49. The predicted molar refractivity (Wildman–Crippen MR) is 207 cm³/mol. The van der Waals surface area contributed by atoms with Crippen LogP contribution in [-0.2, 0) is 18.0 Å². The summed E-state index contributed by atoms with van der Waals surface area (Å²) in [6.45, 7) is 0.0772. The van der Waals surface area contributed by atoms with Crippen molar-refractivity contribution >= 4 is 17.0 Å². The number of pyridine rings is 5. The normalized spacial score (nSPS) is 11.0. The second-order valence-corrected chi connectivity index (χ2v) is 12.6. The molecule has 9 aromatic rings. The van der Waals surface area contributed by atoms with E-state index in [1.165, 1.54) is 24.3 Å². The number of rotatable bonds is 8. The van der Waals surface area contributed by atoms with Gasteiger partial charge in [-0.15, -0.1) is 0 Å². The van der Waals surface area contributed by atoms with E-state index in [4.69, 9.17) is 9.84 Å². The molecule has 0 amide bonds. The zero-order valence-electron chi connectivity index (χ0n) is 29.6. The number of carbonyl (C=O) groups is 1. The lowest BCUT2D eigenvalue weighted by Crippen LogP contribution is -2.05. The van der Waals surface area contributed by atoms with Crippen LogP contribution in [0.15, 0.2) is 159 Å². The molecule has 0 aliphatic rings. The SMILES string of the molecule is O=C(OCc1ccn2nc(-c3ccc(F)cc3)c(-c3ccncc3)c2c1)c1ccncc1.OCc1ccn2nc(-c3ccc(F)cc3)c(-c3ccncc3)c2c1. The molecule has 274 valence electrons. The fourth-order valence-electron chi connectivity index (χ4n) is 6.31. The number of aliphatic hydroxyl groups excluding tert-OH is 1. The molecule has 0 spiro atoms. The molecule has 56 heavy (non-hydrogen) atoms. The number of aromatic nitrogens is 7. The summed E-state index contributed by atoms with van der Waals surface area (Å²) in [5.41, 5.74) is 10.6. The molecule has 0 aliphatic carbocycles. The van der Waals surface area contributed by atoms with Gasteiger partial charge in [-0.05, 0) is 131 Å². The van der Waals surface area contributed by atoms with Crippen LogP contribution in [0, 0.1) is 11.6 Å². The van der Waals surface area contributed by atoms with Gasteiger partial charge in [0.15, 0.2) is 0 Å². The highest BCUT2D eigenvalue weighted by molar-refractivity contribution is 5.93. The Morgan fingerprint density at radius 3 is 1.45 bits per heavy atom. The Hall–Kier alpha value is -7.44. The number of aliphatic hydroxyl groups is 1. The molecule has 0 atom stereocenters. The number of hydrogen-bond acceptors (Lipinski definition) is 8. The molecule has 9 rings (SSSR count). The lowest BCUT2D eigenvalue weighted by molar-refractivity contribution is 0.0472. The lowest BCUT2D eigenvalue weighted by Gasteiger charge is -2.07. The van der Waals surface area contributed by atoms with Crippen molar-refractivity contribution in [2.75, 3.05) is 0 Å². The van der Waals surface area contributed by atoms with E-state index in [-0.39, 0.29) is 24.8 Å². The van der Waals surface area contributed by atoms with Crippen LogP contribution in [-0.4, -0.2) is 45.3 Å². The first-order valence-electron chi connectivity index (χ1n) is 17.5. The zero-order valence-corrected chi connectivity index (χ0v) is 29.6. The van der Waals surface area contributed by atoms with Crippen molar-refractivity contribution < 1.29 is 23.4 Å². The number of carbonyl (C=O) groups excluding carboxylic acids is 1. The van der Waals surface area contributed by atoms with Crippen molar-refractivity contribution in [1.82, 2.24) is 34.2 Å². The quantitative estimate of drug-likeness (QED) is 0.154. The summed E-state index contributed by atoms with van der Waals surface area (Å²) in [6, 6.07) is 30.9. The van der Waals surface area contributed by atoms with Gasteiger partial charge in [0.05, 0.1) is 23.2 Å². The highest BCUT2D eigenvalue weighted by Gasteiger charge is 2.19. The van der Waals surface area contributed by atoms with Gasteiger partial charge < -0.3 is 9.84 Å². The highest BCUT2D eigenvalue weighted by atomic mass is 19.1. The van der Waals surface area contributed by atoms with Crippen molar-refractivity contribution in [2.24, 2.45) is 0 Å². The molecular formula is C44H31F2N7O3. The summed E-state index contributed by atoms with van der Waals surface area (Å²) in [5, 5.41) is 18.8. The standard InChI is InChI=1S/C25H17FN4O2.C19H14FN3O/c26-21-3-1-19(2-4-21)24-23(18-5-10-27-11-6-18)22-15-17(9-14-30(22)29-24)16-32-25(31)20-7-12-28-13-8-20;20-16-3-1-15(2-4-16)19-18(14-5-8-21-9-6-14)17-11-13(12-24)7-10-23(17)22-19/h1-15H,16H2;1-11,24H,12H2. The van der Waals surface area contributed by atoms with Gasteiger partial charge in [0, 0.05) is 71.8 Å². The largest absolute Gasteiger partial charge is 0.457 e. The minimum Gasteiger partial charge on any atom is -0.457 e. The molecule has 0 radical (unpaired) electrons. The predicted octanol–water partition coefficient (Wildman–Crippen LogP) is 8.65. The Morgan fingerprint density at radius 2 is 0.982 bits per heavy atom. The Kier molecular flexibility index (Phi) is 10.1. The van der Waals surface area contributed by atoms with Crippen molar-refractivity contribution in [3.8, 4) is 44.8 Å². The van der Waals surface area contributed by atoms with Gasteiger partial charge in [0.1, 0.15) is 29.6 Å². The summed E-state index contributed by atoms with van der Waals surface area (Å²) in [6.07, 6.45) is 13.6. The fraction of sp³-hybridized carbons (Fsp3) is 0.0455. The number of fused-ring (bicyclic) bond motifs is 2. The van der Waals surface area contributed by atoms with Crippen LogP contribution in [0.1, 0.15) is 21.5 Å². The zero-order chi connectivity index (χ0) is 38.4. The molecule has 1 N–H and O–H groups in total. The summed E-state index contributed by atoms with van der Waals surface area (Å²) < 4.78 is 35.7. The number of halogens is 2. The van der Waals surface area contributed by atoms with Gasteiger partial charge in [-0.1, -0.05) is 0 Å². The smallest absolute Gasteiger partial charge is 0.338 e. The maximum Gasteiger partial charge on any atom is 0.338 e. The molecule has 7 aromatic heterocycles. The Labute approximate surface area is 319 Å². The van der Waals surface area contributed by atoms with Crippen LogP contribution in [0.2, 0.25) is 0 Å². The van der Waals surface area contributed by atoms with Crippen LogP contribution < -0.4 is 0 Å². The van der Waals surface area contributed by atoms with Crippen LogP contribution in [0.3, 0.4) is 0 Å². The molecule has 0 saturated carbocycles. The number of benzene rings is 2. The van der Waals surface area contributed by atoms with Crippen LogP contribution in [0.4, 0.5) is 8.78 Å². The number of esters is 1. The Balaban J connectivity index is 0.000000164. The molecule has 7 heterocycles. The van der Waals surface area contributed by atoms with Gasteiger partial charge >= 0.3 is 5.97 Å². The van der Waals surface area contributed by atoms with E-state index in [0.29, 0.717) is 5.56 Å². The fourth-order valence-corrected chi connectivity index (χ4v) is 6.31. The maximum absolute atomic E-state index is 13.5. The third-order valence-corrected chi connectivity index (χ3v) is 9.04. The topological polar surface area (TPSA) is 120 Å². The van der Waals surface area contributed by atoms with Crippen LogP contribution in [0.5, 0.6) is 0 Å². The Bertz CT molecular complexity index is 2760. The first-order valence-corrected chi connectivity index (χ1v) is 17.5. The molecule has 2 aromatic carbocycles. The molecule has 0 aliphatic heterocycles. The first-order chi connectivity index (χ1) is 27.4. The average Bonchev–Trinajstić information content (AvgIpc) is 3.83. The molecule has 10 nitrogen and oxygen atoms in total. The van der Waals surface area contributed by atoms with Gasteiger partial charge in [-0.25, -0.2) is 22.6 Å². The van der Waals surface area contributed by atoms with Crippen molar-refractivity contribution in [2.45, 2.75) is 13.2 Å². The lowest BCUT2D eigenvalue weighted by atomic mass is 10.00. The van der Waals surface area contributed by atoms with Gasteiger partial charge in [0.2, 0.25) is 0 Å². The number of hydrogen-bond donors (Lipinski definition) is 1. The molecule has 0 bridgehead atoms. The molecule has 0 fully saturated rings. The summed E-state index contributed by atoms with van der Waals surface area (Å²) in [5.74, 6) is -1.00. The summed E-state index contributed by atoms with van der Waals surface area (Å²) in [4.78, 5) is 24.4. The highest BCUT2D eigenvalue weighted by Crippen LogP contribution is 2.37. The monoisotopic (exact) mass is 743 g/mol. The summed E-state index contributed by atoms with van der Waals surface area (Å²) in [7, 11) is 0. The van der Waals surface area contributed by atoms with E-state index in [9.17, 15) is 18.7 Å². The number of ether oxygens (including phenoxy) is 1. The van der Waals surface area contributed by atoms with Crippen LogP contribution in [0.25, 0.3) is 55.8 Å². The van der Waals surface area contributed by atoms with Crippen molar-refractivity contribution in [1.29, 1.82) is 0 Å². The van der Waals surface area contributed by atoms with E-state index in [0.717, 1.165) is 66.9 Å². The average molecular weight is 744 g/mol. The number of nitrogens with zero attached hydrogens (tertiary/aromatic N) is 7. The first kappa shape index (κ1) is 35.6. The summed E-state index contributed by atoms with van der Waals surface area (Å²) >= 11 is 0. The van der Waals surface area contributed by atoms with E-state index < -0.39 is 5.97 Å². The van der Waals surface area contributed by atoms with Crippen molar-refractivity contribution in [3.05, 3.63) is 187 Å². The van der Waals surface area contributed by atoms with Crippen molar-refractivity contribution in [3.63, 3.8) is 0 Å². The molecule has 12 heteroatoms. The van der Waals surface area contributed by atoms with E-state index in [2.05, 4.69) is 20.1 Å². The minimum atomic E-state index is -0.415. The second kappa shape index (κ2) is 15.9. The second-order valence-electron chi connectivity index (χ2n) is 12.6. The Morgan fingerprint density at radius 1 is 0.554 bits per heavy atom. The van der Waals surface area contributed by atoms with Gasteiger partial charge in [-0.2, -0.15) is 10.2 Å². The van der Waals surface area contributed by atoms with Gasteiger partial charge in [0.25, 0.3) is 0 Å². The van der Waals surface area contributed by atoms with E-state index in [1.807, 2.05) is 60.9 Å². The molecule has 0 saturated heterocycles. The van der Waals surface area contributed by atoms with E-state index >= 15 is 0 Å². The molecular weight excluding hydrogens is 713 g/mol. The van der Waals surface area contributed by atoms with E-state index in [1.54, 1.807) is 82.6 Å².